The second-order valence-corrected chi connectivity index (χ2v) is 9.84. The summed E-state index contributed by atoms with van der Waals surface area (Å²) in [6.45, 7) is 6.74. The number of carbonyl (C=O) groups excluding carboxylic acids is 2. The van der Waals surface area contributed by atoms with E-state index >= 15 is 0 Å². The van der Waals surface area contributed by atoms with Crippen LogP contribution in [0.15, 0.2) is 49.2 Å². The first-order valence-electron chi connectivity index (χ1n) is 12.9. The highest BCUT2D eigenvalue weighted by molar-refractivity contribution is 5.81. The van der Waals surface area contributed by atoms with Gasteiger partial charge < -0.3 is 29.2 Å². The number of nitrogens with one attached hydrogen (secondary N) is 1. The highest BCUT2D eigenvalue weighted by atomic mass is 16.7. The molecule has 0 radical (unpaired) electrons. The molecule has 0 aliphatic carbocycles. The molecule has 1 N–H and O–H groups in total. The van der Waals surface area contributed by atoms with Crippen molar-refractivity contribution in [2.75, 3.05) is 37.9 Å². The number of ether oxygens (including phenoxy) is 2. The largest absolute Gasteiger partial charge is 0.454 e. The van der Waals surface area contributed by atoms with Crippen LogP contribution in [-0.4, -0.2) is 75.2 Å². The molecule has 2 aliphatic heterocycles. The molecule has 0 spiro atoms. The number of rotatable bonds is 9. The Morgan fingerprint density at radius 2 is 2.00 bits per heavy atom. The molecular weight excluding hydrogens is 486 g/mol. The summed E-state index contributed by atoms with van der Waals surface area (Å²) in [6, 6.07) is 7.43. The molecule has 1 atom stereocenters. The monoisotopic (exact) mass is 519 g/mol. The zero-order valence-corrected chi connectivity index (χ0v) is 21.7. The Labute approximate surface area is 221 Å². The number of amides is 2. The summed E-state index contributed by atoms with van der Waals surface area (Å²) in [4.78, 5) is 43.1. The lowest BCUT2D eigenvalue weighted by Gasteiger charge is -2.42. The Morgan fingerprint density at radius 3 is 2.82 bits per heavy atom. The van der Waals surface area contributed by atoms with Gasteiger partial charge in [0.25, 0.3) is 0 Å². The van der Waals surface area contributed by atoms with Crippen LogP contribution in [0.2, 0.25) is 0 Å². The van der Waals surface area contributed by atoms with E-state index in [-0.39, 0.29) is 37.0 Å². The summed E-state index contributed by atoms with van der Waals surface area (Å²) in [5, 5.41) is 3.02. The van der Waals surface area contributed by atoms with Gasteiger partial charge in [-0.25, -0.2) is 15.0 Å². The van der Waals surface area contributed by atoms with E-state index in [2.05, 4.69) is 20.2 Å². The quantitative estimate of drug-likeness (QED) is 0.456. The van der Waals surface area contributed by atoms with Gasteiger partial charge in [-0.15, -0.1) is 0 Å². The number of fused-ring (bicyclic) bond motifs is 1. The Morgan fingerprint density at radius 1 is 1.13 bits per heavy atom. The number of aromatic nitrogens is 4. The number of piperazine rings is 1. The Bertz CT molecular complexity index is 1260. The molecule has 38 heavy (non-hydrogen) atoms. The number of imidazole rings is 1. The van der Waals surface area contributed by atoms with Crippen LogP contribution < -0.4 is 19.7 Å². The first-order valence-corrected chi connectivity index (χ1v) is 12.9. The van der Waals surface area contributed by atoms with E-state index in [1.165, 1.54) is 0 Å². The van der Waals surface area contributed by atoms with Crippen LogP contribution >= 0.6 is 0 Å². The third-order valence-corrected chi connectivity index (χ3v) is 6.75. The van der Waals surface area contributed by atoms with E-state index in [0.717, 1.165) is 22.9 Å². The van der Waals surface area contributed by atoms with E-state index in [4.69, 9.17) is 14.5 Å². The summed E-state index contributed by atoms with van der Waals surface area (Å²) in [7, 11) is 0. The van der Waals surface area contributed by atoms with Gasteiger partial charge in [-0.05, 0) is 30.2 Å². The number of hydrogen-bond donors (Lipinski definition) is 1. The normalized spacial score (nSPS) is 16.7. The first-order chi connectivity index (χ1) is 18.5. The van der Waals surface area contributed by atoms with Gasteiger partial charge in [0.2, 0.25) is 18.6 Å². The minimum Gasteiger partial charge on any atom is -0.454 e. The zero-order valence-electron chi connectivity index (χ0n) is 21.7. The number of nitrogens with zero attached hydrogens (tertiary/aromatic N) is 6. The summed E-state index contributed by atoms with van der Waals surface area (Å²) in [6.07, 6.45) is 7.97. The lowest BCUT2D eigenvalue weighted by molar-refractivity contribution is -0.138. The molecule has 200 valence electrons. The predicted molar refractivity (Wildman–Crippen MR) is 140 cm³/mol. The Hall–Kier alpha value is -4.15. The first kappa shape index (κ1) is 25.5. The maximum absolute atomic E-state index is 13.0. The average Bonchev–Trinajstić information content (AvgIpc) is 3.60. The standard InChI is InChI=1S/C27H33N7O4/c1-19(2)27(36)34-12-11-33(25-6-8-29-24(31-25)16-32-10-9-28-17-32)15-21(34)14-26(35)30-7-5-20-3-4-22-23(13-20)38-18-37-22/h3-4,6,8-10,13,17,19,21H,5,7,11-12,14-16,18H2,1-2H3,(H,30,35). The van der Waals surface area contributed by atoms with Crippen molar-refractivity contribution in [3.05, 3.63) is 60.6 Å². The maximum atomic E-state index is 13.0. The molecular formula is C27H33N7O4. The number of carbonyl (C=O) groups is 2. The molecule has 2 aliphatic rings. The summed E-state index contributed by atoms with van der Waals surface area (Å²) in [5.74, 6) is 2.79. The molecule has 11 nitrogen and oxygen atoms in total. The van der Waals surface area contributed by atoms with Crippen LogP contribution in [0.4, 0.5) is 5.82 Å². The van der Waals surface area contributed by atoms with Gasteiger partial charge in [0.15, 0.2) is 11.5 Å². The fourth-order valence-electron chi connectivity index (χ4n) is 4.77. The van der Waals surface area contributed by atoms with Crippen LogP contribution in [0.25, 0.3) is 0 Å². The third kappa shape index (κ3) is 6.04. The molecule has 3 aromatic rings. The van der Waals surface area contributed by atoms with Gasteiger partial charge in [0.05, 0.1) is 18.9 Å². The van der Waals surface area contributed by atoms with Crippen molar-refractivity contribution in [1.82, 2.24) is 29.7 Å². The summed E-state index contributed by atoms with van der Waals surface area (Å²) >= 11 is 0. The third-order valence-electron chi connectivity index (χ3n) is 6.75. The molecule has 1 unspecified atom stereocenters. The van der Waals surface area contributed by atoms with Crippen LogP contribution in [0.1, 0.15) is 31.7 Å². The average molecular weight is 520 g/mol. The van der Waals surface area contributed by atoms with Crippen LogP contribution in [0.5, 0.6) is 11.5 Å². The molecule has 1 aromatic carbocycles. The van der Waals surface area contributed by atoms with Crippen molar-refractivity contribution in [3.8, 4) is 11.5 Å². The van der Waals surface area contributed by atoms with Crippen molar-refractivity contribution < 1.29 is 19.1 Å². The fraction of sp³-hybridized carbons (Fsp3) is 0.444. The van der Waals surface area contributed by atoms with Gasteiger partial charge in [-0.2, -0.15) is 0 Å². The van der Waals surface area contributed by atoms with Crippen molar-refractivity contribution in [2.45, 2.75) is 39.3 Å². The van der Waals surface area contributed by atoms with E-state index in [0.29, 0.717) is 45.0 Å². The van der Waals surface area contributed by atoms with Gasteiger partial charge >= 0.3 is 0 Å². The van der Waals surface area contributed by atoms with Gasteiger partial charge in [0.1, 0.15) is 11.6 Å². The number of benzene rings is 1. The van der Waals surface area contributed by atoms with E-state index in [9.17, 15) is 9.59 Å². The fourth-order valence-corrected chi connectivity index (χ4v) is 4.77. The molecule has 2 aromatic heterocycles. The highest BCUT2D eigenvalue weighted by Gasteiger charge is 2.33. The number of anilines is 1. The molecule has 2 amide bonds. The topological polar surface area (TPSA) is 115 Å². The van der Waals surface area contributed by atoms with Crippen LogP contribution in [0.3, 0.4) is 0 Å². The Kier molecular flexibility index (Phi) is 7.71. The van der Waals surface area contributed by atoms with Gasteiger partial charge in [0, 0.05) is 57.1 Å². The second kappa shape index (κ2) is 11.5. The number of hydrogen-bond acceptors (Lipinski definition) is 8. The molecule has 4 heterocycles. The second-order valence-electron chi connectivity index (χ2n) is 9.84. The van der Waals surface area contributed by atoms with E-state index in [1.54, 1.807) is 18.7 Å². The van der Waals surface area contributed by atoms with Gasteiger partial charge in [-0.1, -0.05) is 19.9 Å². The predicted octanol–water partition coefficient (Wildman–Crippen LogP) is 1.87. The zero-order chi connectivity index (χ0) is 26.5. The van der Waals surface area contributed by atoms with Crippen LogP contribution in [0, 0.1) is 5.92 Å². The van der Waals surface area contributed by atoms with Gasteiger partial charge in [-0.3, -0.25) is 9.59 Å². The summed E-state index contributed by atoms with van der Waals surface area (Å²) < 4.78 is 12.7. The van der Waals surface area contributed by atoms with Crippen molar-refractivity contribution >= 4 is 17.6 Å². The Balaban J connectivity index is 1.21. The van der Waals surface area contributed by atoms with Crippen LogP contribution in [-0.2, 0) is 22.6 Å². The minimum absolute atomic E-state index is 0.0614. The van der Waals surface area contributed by atoms with Crippen molar-refractivity contribution in [2.24, 2.45) is 5.92 Å². The molecule has 0 bridgehead atoms. The molecule has 5 rings (SSSR count). The minimum atomic E-state index is -0.253. The molecule has 1 fully saturated rings. The van der Waals surface area contributed by atoms with E-state index < -0.39 is 0 Å². The smallest absolute Gasteiger partial charge is 0.231 e. The molecule has 1 saturated heterocycles. The lowest BCUT2D eigenvalue weighted by atomic mass is 10.0. The highest BCUT2D eigenvalue weighted by Crippen LogP contribution is 2.32. The van der Waals surface area contributed by atoms with Crippen molar-refractivity contribution in [1.29, 1.82) is 0 Å². The van der Waals surface area contributed by atoms with Crippen molar-refractivity contribution in [3.63, 3.8) is 0 Å². The SMILES string of the molecule is CC(C)C(=O)N1CCN(c2ccnc(Cn3ccnc3)n2)CC1CC(=O)NCCc1ccc2c(c1)OCO2. The maximum Gasteiger partial charge on any atom is 0.231 e. The lowest BCUT2D eigenvalue weighted by Crippen LogP contribution is -2.57. The summed E-state index contributed by atoms with van der Waals surface area (Å²) in [5.41, 5.74) is 1.06. The molecule has 11 heteroatoms. The van der Waals surface area contributed by atoms with E-state index in [1.807, 2.05) is 53.8 Å². The molecule has 0 saturated carbocycles.